The molecule has 2 fully saturated rings. The average Bonchev–Trinajstić information content (AvgIpc) is 2.40. The minimum absolute atomic E-state index is 0.0149. The standard InChI is InChI=1S/C13H23NO3/c1-16-11-5-2-6-12(8-11)17-13(15)10-4-3-7-14-9-10/h10-12,14H,2-9H2,1H3/t10-,11?,12?/m0/s1. The van der Waals surface area contributed by atoms with Crippen molar-refractivity contribution in [2.24, 2.45) is 5.92 Å². The van der Waals surface area contributed by atoms with Crippen LogP contribution in [0.15, 0.2) is 0 Å². The summed E-state index contributed by atoms with van der Waals surface area (Å²) in [6.07, 6.45) is 6.43. The molecule has 0 bridgehead atoms. The van der Waals surface area contributed by atoms with E-state index in [4.69, 9.17) is 9.47 Å². The Morgan fingerprint density at radius 2 is 2.00 bits per heavy atom. The molecule has 2 unspecified atom stereocenters. The first-order chi connectivity index (χ1) is 8.29. The number of carbonyl (C=O) groups is 1. The van der Waals surface area contributed by atoms with Crippen LogP contribution in [-0.2, 0) is 14.3 Å². The Labute approximate surface area is 103 Å². The predicted octanol–water partition coefficient (Wildman–Crippen LogP) is 1.49. The molecule has 0 aromatic heterocycles. The smallest absolute Gasteiger partial charge is 0.310 e. The van der Waals surface area contributed by atoms with Crippen molar-refractivity contribution in [1.29, 1.82) is 0 Å². The largest absolute Gasteiger partial charge is 0.462 e. The average molecular weight is 241 g/mol. The van der Waals surface area contributed by atoms with Crippen LogP contribution in [0.1, 0.15) is 38.5 Å². The van der Waals surface area contributed by atoms with E-state index in [-0.39, 0.29) is 24.1 Å². The van der Waals surface area contributed by atoms with Crippen molar-refractivity contribution in [2.45, 2.75) is 50.7 Å². The summed E-state index contributed by atoms with van der Waals surface area (Å²) in [5, 5.41) is 3.25. The van der Waals surface area contributed by atoms with Gasteiger partial charge in [0, 0.05) is 20.1 Å². The topological polar surface area (TPSA) is 47.6 Å². The first kappa shape index (κ1) is 12.8. The quantitative estimate of drug-likeness (QED) is 0.760. The van der Waals surface area contributed by atoms with Crippen LogP contribution in [0.2, 0.25) is 0 Å². The van der Waals surface area contributed by atoms with Gasteiger partial charge in [-0.05, 0) is 38.6 Å². The third kappa shape index (κ3) is 3.68. The number of piperidine rings is 1. The van der Waals surface area contributed by atoms with E-state index in [2.05, 4.69) is 5.32 Å². The molecular formula is C13H23NO3. The fourth-order valence-electron chi connectivity index (χ4n) is 2.74. The van der Waals surface area contributed by atoms with E-state index in [1.807, 2.05) is 0 Å². The van der Waals surface area contributed by atoms with E-state index in [9.17, 15) is 4.79 Å². The molecule has 0 spiro atoms. The second-order valence-corrected chi connectivity index (χ2v) is 5.13. The van der Waals surface area contributed by atoms with Crippen molar-refractivity contribution < 1.29 is 14.3 Å². The third-order valence-electron chi connectivity index (χ3n) is 3.82. The summed E-state index contributed by atoms with van der Waals surface area (Å²) >= 11 is 0. The van der Waals surface area contributed by atoms with Gasteiger partial charge in [-0.1, -0.05) is 0 Å². The number of carbonyl (C=O) groups excluding carboxylic acids is 1. The molecule has 0 radical (unpaired) electrons. The van der Waals surface area contributed by atoms with E-state index in [0.29, 0.717) is 0 Å². The maximum Gasteiger partial charge on any atom is 0.310 e. The summed E-state index contributed by atoms with van der Waals surface area (Å²) in [5.41, 5.74) is 0. The normalized spacial score (nSPS) is 34.3. The molecule has 0 aromatic rings. The van der Waals surface area contributed by atoms with Gasteiger partial charge in [0.2, 0.25) is 0 Å². The summed E-state index contributed by atoms with van der Waals surface area (Å²) in [7, 11) is 1.74. The van der Waals surface area contributed by atoms with Gasteiger partial charge in [-0.15, -0.1) is 0 Å². The lowest BCUT2D eigenvalue weighted by molar-refractivity contribution is -0.158. The fraction of sp³-hybridized carbons (Fsp3) is 0.923. The molecule has 17 heavy (non-hydrogen) atoms. The zero-order chi connectivity index (χ0) is 12.1. The summed E-state index contributed by atoms with van der Waals surface area (Å²) in [6, 6.07) is 0. The lowest BCUT2D eigenvalue weighted by atomic mass is 9.94. The van der Waals surface area contributed by atoms with Gasteiger partial charge in [0.15, 0.2) is 0 Å². The highest BCUT2D eigenvalue weighted by Gasteiger charge is 2.28. The highest BCUT2D eigenvalue weighted by molar-refractivity contribution is 5.73. The molecule has 1 saturated heterocycles. The summed E-state index contributed by atoms with van der Waals surface area (Å²) in [5.74, 6) is 0.0469. The van der Waals surface area contributed by atoms with Gasteiger partial charge in [-0.3, -0.25) is 4.79 Å². The van der Waals surface area contributed by atoms with Crippen LogP contribution in [0.3, 0.4) is 0 Å². The molecule has 4 heteroatoms. The van der Waals surface area contributed by atoms with Gasteiger partial charge < -0.3 is 14.8 Å². The number of ether oxygens (including phenoxy) is 2. The molecule has 1 N–H and O–H groups in total. The number of rotatable bonds is 3. The van der Waals surface area contributed by atoms with Gasteiger partial charge in [-0.2, -0.15) is 0 Å². The fourth-order valence-corrected chi connectivity index (χ4v) is 2.74. The lowest BCUT2D eigenvalue weighted by Gasteiger charge is -2.30. The Morgan fingerprint density at radius 3 is 2.71 bits per heavy atom. The van der Waals surface area contributed by atoms with Gasteiger partial charge in [0.05, 0.1) is 12.0 Å². The van der Waals surface area contributed by atoms with E-state index < -0.39 is 0 Å². The van der Waals surface area contributed by atoms with E-state index in [1.165, 1.54) is 0 Å². The van der Waals surface area contributed by atoms with Crippen LogP contribution in [0.5, 0.6) is 0 Å². The van der Waals surface area contributed by atoms with Gasteiger partial charge in [0.25, 0.3) is 0 Å². The molecule has 0 aromatic carbocycles. The number of hydrogen-bond donors (Lipinski definition) is 1. The number of hydrogen-bond acceptors (Lipinski definition) is 4. The number of nitrogens with one attached hydrogen (secondary N) is 1. The van der Waals surface area contributed by atoms with Crippen LogP contribution >= 0.6 is 0 Å². The maximum atomic E-state index is 12.0. The highest BCUT2D eigenvalue weighted by atomic mass is 16.5. The number of methoxy groups -OCH3 is 1. The second-order valence-electron chi connectivity index (χ2n) is 5.13. The summed E-state index contributed by atoms with van der Waals surface area (Å²) in [6.45, 7) is 1.80. The first-order valence-corrected chi connectivity index (χ1v) is 6.73. The molecule has 1 aliphatic heterocycles. The molecule has 3 atom stereocenters. The molecule has 1 aliphatic carbocycles. The molecule has 98 valence electrons. The third-order valence-corrected chi connectivity index (χ3v) is 3.82. The van der Waals surface area contributed by atoms with Crippen molar-refractivity contribution >= 4 is 5.97 Å². The monoisotopic (exact) mass is 241 g/mol. The molecule has 4 nitrogen and oxygen atoms in total. The first-order valence-electron chi connectivity index (χ1n) is 6.73. The van der Waals surface area contributed by atoms with Crippen LogP contribution in [-0.4, -0.2) is 38.4 Å². The van der Waals surface area contributed by atoms with E-state index in [0.717, 1.165) is 51.6 Å². The van der Waals surface area contributed by atoms with E-state index in [1.54, 1.807) is 7.11 Å². The molecule has 1 heterocycles. The Morgan fingerprint density at radius 1 is 1.18 bits per heavy atom. The second kappa shape index (κ2) is 6.36. The molecule has 2 aliphatic rings. The summed E-state index contributed by atoms with van der Waals surface area (Å²) in [4.78, 5) is 12.0. The molecule has 0 amide bonds. The summed E-state index contributed by atoms with van der Waals surface area (Å²) < 4.78 is 10.9. The molecular weight excluding hydrogens is 218 g/mol. The van der Waals surface area contributed by atoms with Crippen LogP contribution in [0, 0.1) is 5.92 Å². The van der Waals surface area contributed by atoms with Crippen LogP contribution < -0.4 is 5.32 Å². The van der Waals surface area contributed by atoms with Crippen molar-refractivity contribution in [3.05, 3.63) is 0 Å². The predicted molar refractivity (Wildman–Crippen MR) is 64.7 cm³/mol. The highest BCUT2D eigenvalue weighted by Crippen LogP contribution is 2.24. The minimum Gasteiger partial charge on any atom is -0.462 e. The SMILES string of the molecule is COC1CCCC(OC(=O)[C@H]2CCCNC2)C1. The Bertz CT molecular complexity index is 251. The Kier molecular flexibility index (Phi) is 4.80. The minimum atomic E-state index is -0.0149. The van der Waals surface area contributed by atoms with Crippen molar-refractivity contribution in [1.82, 2.24) is 5.32 Å². The lowest BCUT2D eigenvalue weighted by Crippen LogP contribution is -2.38. The Hall–Kier alpha value is -0.610. The molecule has 2 rings (SSSR count). The maximum absolute atomic E-state index is 12.0. The van der Waals surface area contributed by atoms with E-state index >= 15 is 0 Å². The zero-order valence-electron chi connectivity index (χ0n) is 10.6. The zero-order valence-corrected chi connectivity index (χ0v) is 10.6. The Balaban J connectivity index is 1.77. The van der Waals surface area contributed by atoms with Gasteiger partial charge >= 0.3 is 5.97 Å². The van der Waals surface area contributed by atoms with Crippen molar-refractivity contribution in [2.75, 3.05) is 20.2 Å². The van der Waals surface area contributed by atoms with Gasteiger partial charge in [-0.25, -0.2) is 0 Å². The van der Waals surface area contributed by atoms with Crippen LogP contribution in [0.4, 0.5) is 0 Å². The number of esters is 1. The van der Waals surface area contributed by atoms with Crippen LogP contribution in [0.25, 0.3) is 0 Å². The molecule has 1 saturated carbocycles. The van der Waals surface area contributed by atoms with Crippen molar-refractivity contribution in [3.63, 3.8) is 0 Å². The van der Waals surface area contributed by atoms with Gasteiger partial charge in [0.1, 0.15) is 6.10 Å². The van der Waals surface area contributed by atoms with Crippen molar-refractivity contribution in [3.8, 4) is 0 Å².